The third-order valence-corrected chi connectivity index (χ3v) is 3.66. The summed E-state index contributed by atoms with van der Waals surface area (Å²) in [5.74, 6) is 0.789. The molecule has 0 unspecified atom stereocenters. The molecule has 7 nitrogen and oxygen atoms in total. The molecule has 0 aliphatic carbocycles. The van der Waals surface area contributed by atoms with Crippen LogP contribution in [-0.2, 0) is 17.8 Å². The van der Waals surface area contributed by atoms with Gasteiger partial charge in [0.25, 0.3) is 0 Å². The van der Waals surface area contributed by atoms with Crippen molar-refractivity contribution in [2.45, 2.75) is 26.1 Å². The van der Waals surface area contributed by atoms with Gasteiger partial charge in [-0.25, -0.2) is 9.97 Å². The van der Waals surface area contributed by atoms with E-state index in [4.69, 9.17) is 4.74 Å². The Kier molecular flexibility index (Phi) is 4.97. The fourth-order valence-electron chi connectivity index (χ4n) is 2.41. The zero-order valence-electron chi connectivity index (χ0n) is 12.9. The molecule has 22 heavy (non-hydrogen) atoms. The normalized spacial score (nSPS) is 16.7. The fourth-order valence-corrected chi connectivity index (χ4v) is 2.41. The number of anilines is 1. The highest BCUT2D eigenvalue weighted by atomic mass is 16.5. The van der Waals surface area contributed by atoms with Crippen LogP contribution in [0.25, 0.3) is 0 Å². The molecule has 0 saturated carbocycles. The zero-order valence-corrected chi connectivity index (χ0v) is 12.9. The number of ether oxygens (including phenoxy) is 1. The lowest BCUT2D eigenvalue weighted by atomic mass is 10.3. The molecule has 3 heterocycles. The van der Waals surface area contributed by atoms with Gasteiger partial charge < -0.3 is 15.0 Å². The van der Waals surface area contributed by atoms with Crippen molar-refractivity contribution in [1.82, 2.24) is 25.1 Å². The quantitative estimate of drug-likeness (QED) is 0.847. The molecule has 2 aromatic rings. The second kappa shape index (κ2) is 7.33. The minimum atomic E-state index is 0.332. The monoisotopic (exact) mass is 302 g/mol. The van der Waals surface area contributed by atoms with Crippen LogP contribution in [0.15, 0.2) is 30.9 Å². The molecule has 0 spiro atoms. The Balaban J connectivity index is 1.48. The van der Waals surface area contributed by atoms with E-state index in [0.717, 1.165) is 50.9 Å². The number of rotatable bonds is 6. The van der Waals surface area contributed by atoms with Gasteiger partial charge in [-0.15, -0.1) is 0 Å². The summed E-state index contributed by atoms with van der Waals surface area (Å²) in [6.07, 6.45) is 7.56. The van der Waals surface area contributed by atoms with Crippen molar-refractivity contribution >= 4 is 5.95 Å². The van der Waals surface area contributed by atoms with Crippen LogP contribution in [0.3, 0.4) is 0 Å². The van der Waals surface area contributed by atoms with E-state index in [2.05, 4.69) is 32.2 Å². The van der Waals surface area contributed by atoms with E-state index in [-0.39, 0.29) is 0 Å². The Labute approximate surface area is 130 Å². The van der Waals surface area contributed by atoms with Crippen LogP contribution >= 0.6 is 0 Å². The van der Waals surface area contributed by atoms with Crippen LogP contribution in [-0.4, -0.2) is 52.1 Å². The molecule has 0 bridgehead atoms. The molecule has 1 aliphatic heterocycles. The van der Waals surface area contributed by atoms with Gasteiger partial charge in [-0.3, -0.25) is 4.68 Å². The largest absolute Gasteiger partial charge is 0.378 e. The van der Waals surface area contributed by atoms with Crippen molar-refractivity contribution in [2.24, 2.45) is 0 Å². The third-order valence-electron chi connectivity index (χ3n) is 3.66. The number of hydrogen-bond donors (Lipinski definition) is 1. The first-order valence-electron chi connectivity index (χ1n) is 7.66. The van der Waals surface area contributed by atoms with Crippen molar-refractivity contribution < 1.29 is 4.74 Å². The van der Waals surface area contributed by atoms with Gasteiger partial charge in [0, 0.05) is 56.0 Å². The lowest BCUT2D eigenvalue weighted by Crippen LogP contribution is -2.37. The fraction of sp³-hybridized carbons (Fsp3) is 0.533. The Morgan fingerprint density at radius 1 is 1.27 bits per heavy atom. The van der Waals surface area contributed by atoms with E-state index < -0.39 is 0 Å². The van der Waals surface area contributed by atoms with Crippen molar-refractivity contribution in [3.8, 4) is 0 Å². The summed E-state index contributed by atoms with van der Waals surface area (Å²) in [6, 6.07) is 2.27. The summed E-state index contributed by atoms with van der Waals surface area (Å²) in [5, 5.41) is 7.67. The van der Waals surface area contributed by atoms with Crippen molar-refractivity contribution in [3.05, 3.63) is 36.4 Å². The highest BCUT2D eigenvalue weighted by Gasteiger charge is 2.13. The van der Waals surface area contributed by atoms with Crippen LogP contribution in [0.2, 0.25) is 0 Å². The third kappa shape index (κ3) is 4.02. The SMILES string of the molecule is C[C@@H](Cn1cccn1)NCc1cnc(N2CCOCC2)nc1. The van der Waals surface area contributed by atoms with Crippen LogP contribution in [0.4, 0.5) is 5.95 Å². The smallest absolute Gasteiger partial charge is 0.225 e. The van der Waals surface area contributed by atoms with E-state index in [0.29, 0.717) is 6.04 Å². The Hall–Kier alpha value is -1.99. The van der Waals surface area contributed by atoms with Crippen LogP contribution < -0.4 is 10.2 Å². The predicted molar refractivity (Wildman–Crippen MR) is 83.6 cm³/mol. The molecule has 118 valence electrons. The highest BCUT2D eigenvalue weighted by Crippen LogP contribution is 2.09. The number of hydrogen-bond acceptors (Lipinski definition) is 6. The Morgan fingerprint density at radius 3 is 2.73 bits per heavy atom. The van der Waals surface area contributed by atoms with E-state index in [1.165, 1.54) is 0 Å². The van der Waals surface area contributed by atoms with Gasteiger partial charge in [0.2, 0.25) is 5.95 Å². The van der Waals surface area contributed by atoms with Gasteiger partial charge in [0.05, 0.1) is 19.8 Å². The maximum absolute atomic E-state index is 5.34. The summed E-state index contributed by atoms with van der Waals surface area (Å²) >= 11 is 0. The van der Waals surface area contributed by atoms with Gasteiger partial charge in [-0.05, 0) is 13.0 Å². The average molecular weight is 302 g/mol. The predicted octanol–water partition coefficient (Wildman–Crippen LogP) is 0.688. The average Bonchev–Trinajstić information content (AvgIpc) is 3.07. The van der Waals surface area contributed by atoms with Gasteiger partial charge >= 0.3 is 0 Å². The molecular weight excluding hydrogens is 280 g/mol. The molecule has 0 radical (unpaired) electrons. The maximum atomic E-state index is 5.34. The summed E-state index contributed by atoms with van der Waals surface area (Å²) < 4.78 is 7.26. The minimum Gasteiger partial charge on any atom is -0.378 e. The molecular formula is C15H22N6O. The molecule has 1 atom stereocenters. The van der Waals surface area contributed by atoms with Gasteiger partial charge in [-0.1, -0.05) is 0 Å². The highest BCUT2D eigenvalue weighted by molar-refractivity contribution is 5.30. The molecule has 1 fully saturated rings. The molecule has 2 aromatic heterocycles. The molecule has 0 aromatic carbocycles. The second-order valence-corrected chi connectivity index (χ2v) is 5.50. The Morgan fingerprint density at radius 2 is 2.05 bits per heavy atom. The number of nitrogens with one attached hydrogen (secondary N) is 1. The summed E-state index contributed by atoms with van der Waals surface area (Å²) in [7, 11) is 0. The number of aromatic nitrogens is 4. The minimum absolute atomic E-state index is 0.332. The van der Waals surface area contributed by atoms with E-state index in [1.54, 1.807) is 6.20 Å². The first-order valence-corrected chi connectivity index (χ1v) is 7.66. The van der Waals surface area contributed by atoms with Crippen LogP contribution in [0.5, 0.6) is 0 Å². The molecule has 7 heteroatoms. The summed E-state index contributed by atoms with van der Waals surface area (Å²) in [4.78, 5) is 11.1. The second-order valence-electron chi connectivity index (χ2n) is 5.50. The number of morpholine rings is 1. The summed E-state index contributed by atoms with van der Waals surface area (Å²) in [6.45, 7) is 6.96. The van der Waals surface area contributed by atoms with E-state index in [1.807, 2.05) is 29.3 Å². The van der Waals surface area contributed by atoms with Gasteiger partial charge in [0.1, 0.15) is 0 Å². The lowest BCUT2D eigenvalue weighted by molar-refractivity contribution is 0.122. The van der Waals surface area contributed by atoms with Crippen LogP contribution in [0.1, 0.15) is 12.5 Å². The first kappa shape index (κ1) is 14.9. The Bertz CT molecular complexity index is 550. The van der Waals surface area contributed by atoms with E-state index >= 15 is 0 Å². The van der Waals surface area contributed by atoms with Gasteiger partial charge in [0.15, 0.2) is 0 Å². The van der Waals surface area contributed by atoms with Gasteiger partial charge in [-0.2, -0.15) is 5.10 Å². The maximum Gasteiger partial charge on any atom is 0.225 e. The van der Waals surface area contributed by atoms with Crippen LogP contribution in [0, 0.1) is 0 Å². The van der Waals surface area contributed by atoms with Crippen molar-refractivity contribution in [1.29, 1.82) is 0 Å². The van der Waals surface area contributed by atoms with Crippen molar-refractivity contribution in [3.63, 3.8) is 0 Å². The van der Waals surface area contributed by atoms with E-state index in [9.17, 15) is 0 Å². The van der Waals surface area contributed by atoms with Crippen molar-refractivity contribution in [2.75, 3.05) is 31.2 Å². The topological polar surface area (TPSA) is 68.1 Å². The standard InChI is InChI=1S/C15H22N6O/c1-13(12-21-4-2-3-19-21)16-9-14-10-17-15(18-11-14)20-5-7-22-8-6-20/h2-4,10-11,13,16H,5-9,12H2,1H3/t13-/m0/s1. The number of nitrogens with zero attached hydrogens (tertiary/aromatic N) is 5. The zero-order chi connectivity index (χ0) is 15.2. The molecule has 1 aliphatic rings. The molecule has 0 amide bonds. The lowest BCUT2D eigenvalue weighted by Gasteiger charge is -2.26. The molecule has 1 N–H and O–H groups in total. The first-order chi connectivity index (χ1) is 10.8. The molecule has 1 saturated heterocycles. The summed E-state index contributed by atoms with van der Waals surface area (Å²) in [5.41, 5.74) is 1.09. The molecule has 3 rings (SSSR count).